The molecule has 0 spiro atoms. The number of thiophene rings is 1. The molecule has 1 N–H and O–H groups in total. The van der Waals surface area contributed by atoms with E-state index in [1.165, 1.54) is 17.1 Å². The van der Waals surface area contributed by atoms with Crippen LogP contribution in [0.3, 0.4) is 0 Å². The fourth-order valence-electron chi connectivity index (χ4n) is 1.56. The number of halogens is 1. The van der Waals surface area contributed by atoms with Gasteiger partial charge in [-0.3, -0.25) is 0 Å². The van der Waals surface area contributed by atoms with E-state index < -0.39 is 9.84 Å². The van der Waals surface area contributed by atoms with Crippen LogP contribution in [0.5, 0.6) is 0 Å². The van der Waals surface area contributed by atoms with Crippen LogP contribution in [-0.2, 0) is 9.84 Å². The van der Waals surface area contributed by atoms with Crippen molar-refractivity contribution in [1.29, 1.82) is 0 Å². The van der Waals surface area contributed by atoms with Gasteiger partial charge in [-0.25, -0.2) is 13.4 Å². The smallest absolute Gasteiger partial charge is 0.192 e. The first kappa shape index (κ1) is 14.5. The zero-order valence-corrected chi connectivity index (χ0v) is 13.6. The third-order valence-corrected chi connectivity index (χ3v) is 5.39. The highest BCUT2D eigenvalue weighted by atomic mass is 79.9. The maximum atomic E-state index is 11.3. The lowest BCUT2D eigenvalue weighted by molar-refractivity contribution is 0.598. The molecular weight excluding hydrogens is 348 g/mol. The zero-order chi connectivity index (χ0) is 14.0. The van der Waals surface area contributed by atoms with E-state index in [0.29, 0.717) is 0 Å². The number of anilines is 1. The SMILES string of the molecule is CC(Nc1ccc(S(C)(=O)=O)nc1)c1cc(Br)cs1. The average molecular weight is 361 g/mol. The van der Waals surface area contributed by atoms with Gasteiger partial charge in [-0.05, 0) is 41.1 Å². The quantitative estimate of drug-likeness (QED) is 0.906. The van der Waals surface area contributed by atoms with Gasteiger partial charge in [-0.1, -0.05) is 0 Å². The lowest BCUT2D eigenvalue weighted by Gasteiger charge is -2.13. The lowest BCUT2D eigenvalue weighted by atomic mass is 10.2. The summed E-state index contributed by atoms with van der Waals surface area (Å²) in [7, 11) is -3.24. The summed E-state index contributed by atoms with van der Waals surface area (Å²) in [6.07, 6.45) is 2.68. The summed E-state index contributed by atoms with van der Waals surface area (Å²) in [6, 6.07) is 5.43. The number of hydrogen-bond acceptors (Lipinski definition) is 5. The Kier molecular flexibility index (Phi) is 4.27. The number of rotatable bonds is 4. The molecule has 1 atom stereocenters. The number of aromatic nitrogens is 1. The maximum Gasteiger partial charge on any atom is 0.192 e. The highest BCUT2D eigenvalue weighted by molar-refractivity contribution is 9.10. The second kappa shape index (κ2) is 5.60. The van der Waals surface area contributed by atoms with Gasteiger partial charge in [-0.2, -0.15) is 0 Å². The van der Waals surface area contributed by atoms with Gasteiger partial charge < -0.3 is 5.32 Å². The van der Waals surface area contributed by atoms with Crippen molar-refractivity contribution in [3.8, 4) is 0 Å². The normalized spacial score (nSPS) is 13.2. The second-order valence-corrected chi connectivity index (χ2v) is 8.01. The monoisotopic (exact) mass is 360 g/mol. The molecule has 0 aliphatic carbocycles. The van der Waals surface area contributed by atoms with Gasteiger partial charge in [0.05, 0.1) is 17.9 Å². The Bertz CT molecular complexity index is 665. The molecule has 2 aromatic rings. The zero-order valence-electron chi connectivity index (χ0n) is 10.4. The molecule has 2 aromatic heterocycles. The van der Waals surface area contributed by atoms with Gasteiger partial charge in [0, 0.05) is 21.0 Å². The van der Waals surface area contributed by atoms with Crippen LogP contribution >= 0.6 is 27.3 Å². The van der Waals surface area contributed by atoms with Crippen molar-refractivity contribution in [3.63, 3.8) is 0 Å². The summed E-state index contributed by atoms with van der Waals surface area (Å²) in [5.41, 5.74) is 0.796. The van der Waals surface area contributed by atoms with Gasteiger partial charge in [0.2, 0.25) is 0 Å². The Morgan fingerprint density at radius 3 is 2.63 bits per heavy atom. The summed E-state index contributed by atoms with van der Waals surface area (Å²) in [6.45, 7) is 2.04. The Morgan fingerprint density at radius 1 is 1.42 bits per heavy atom. The molecule has 0 bridgehead atoms. The van der Waals surface area contributed by atoms with Gasteiger partial charge >= 0.3 is 0 Å². The van der Waals surface area contributed by atoms with Gasteiger partial charge in [0.25, 0.3) is 0 Å². The second-order valence-electron chi connectivity index (χ2n) is 4.19. The van der Waals surface area contributed by atoms with Crippen molar-refractivity contribution in [1.82, 2.24) is 4.98 Å². The Balaban J connectivity index is 2.12. The first-order valence-electron chi connectivity index (χ1n) is 5.53. The van der Waals surface area contributed by atoms with Gasteiger partial charge in [-0.15, -0.1) is 11.3 Å². The van der Waals surface area contributed by atoms with Crippen LogP contribution in [0.25, 0.3) is 0 Å². The van der Waals surface area contributed by atoms with E-state index in [9.17, 15) is 8.42 Å². The van der Waals surface area contributed by atoms with Crippen LogP contribution in [-0.4, -0.2) is 19.7 Å². The summed E-state index contributed by atoms with van der Waals surface area (Å²) >= 11 is 5.08. The van der Waals surface area contributed by atoms with Crippen LogP contribution < -0.4 is 5.32 Å². The highest BCUT2D eigenvalue weighted by Gasteiger charge is 2.10. The largest absolute Gasteiger partial charge is 0.376 e. The van der Waals surface area contributed by atoms with Crippen molar-refractivity contribution in [2.45, 2.75) is 18.0 Å². The van der Waals surface area contributed by atoms with Crippen LogP contribution in [0.4, 0.5) is 5.69 Å². The predicted octanol–water partition coefficient (Wildman–Crippen LogP) is 3.48. The van der Waals surface area contributed by atoms with E-state index in [0.717, 1.165) is 16.4 Å². The molecule has 0 saturated carbocycles. The number of nitrogens with zero attached hydrogens (tertiary/aromatic N) is 1. The number of hydrogen-bond donors (Lipinski definition) is 1. The van der Waals surface area contributed by atoms with Crippen molar-refractivity contribution in [2.24, 2.45) is 0 Å². The van der Waals surface area contributed by atoms with Gasteiger partial charge in [0.1, 0.15) is 0 Å². The minimum absolute atomic E-state index is 0.0876. The van der Waals surface area contributed by atoms with E-state index in [-0.39, 0.29) is 11.1 Å². The number of pyridine rings is 1. The topological polar surface area (TPSA) is 59.1 Å². The minimum Gasteiger partial charge on any atom is -0.376 e. The fourth-order valence-corrected chi connectivity index (χ4v) is 3.57. The average Bonchev–Trinajstić information content (AvgIpc) is 2.75. The predicted molar refractivity (Wildman–Crippen MR) is 81.4 cm³/mol. The molecule has 4 nitrogen and oxygen atoms in total. The first-order chi connectivity index (χ1) is 8.86. The van der Waals surface area contributed by atoms with Crippen molar-refractivity contribution >= 4 is 42.8 Å². The Morgan fingerprint density at radius 2 is 2.16 bits per heavy atom. The standard InChI is InChI=1S/C12H13BrN2O2S2/c1-8(11-5-9(13)7-18-11)15-10-3-4-12(14-6-10)19(2,16)17/h3-8,15H,1-2H3. The Hall–Kier alpha value is -0.920. The molecular formula is C12H13BrN2O2S2. The summed E-state index contributed by atoms with van der Waals surface area (Å²) in [5, 5.41) is 5.40. The molecule has 2 rings (SSSR count). The van der Waals surface area contributed by atoms with Crippen LogP contribution in [0.1, 0.15) is 17.8 Å². The van der Waals surface area contributed by atoms with Crippen molar-refractivity contribution < 1.29 is 8.42 Å². The van der Waals surface area contributed by atoms with E-state index in [1.807, 2.05) is 12.3 Å². The molecule has 2 heterocycles. The fraction of sp³-hybridized carbons (Fsp3) is 0.250. The van der Waals surface area contributed by atoms with E-state index in [4.69, 9.17) is 0 Å². The summed E-state index contributed by atoms with van der Waals surface area (Å²) in [5.74, 6) is 0. The highest BCUT2D eigenvalue weighted by Crippen LogP contribution is 2.27. The molecule has 0 aromatic carbocycles. The van der Waals surface area contributed by atoms with Crippen molar-refractivity contribution in [2.75, 3.05) is 11.6 Å². The van der Waals surface area contributed by atoms with Crippen LogP contribution in [0, 0.1) is 0 Å². The molecule has 1 unspecified atom stereocenters. The number of nitrogens with one attached hydrogen (secondary N) is 1. The molecule has 0 amide bonds. The molecule has 0 radical (unpaired) electrons. The summed E-state index contributed by atoms with van der Waals surface area (Å²) in [4.78, 5) is 5.14. The first-order valence-corrected chi connectivity index (χ1v) is 9.09. The molecule has 0 aliphatic rings. The molecule has 19 heavy (non-hydrogen) atoms. The molecule has 102 valence electrons. The molecule has 0 fully saturated rings. The number of sulfone groups is 1. The third kappa shape index (κ3) is 3.77. The van der Waals surface area contributed by atoms with Crippen LogP contribution in [0.15, 0.2) is 39.3 Å². The molecule has 0 saturated heterocycles. The minimum atomic E-state index is -3.24. The Labute approximate surface area is 124 Å². The van der Waals surface area contributed by atoms with Gasteiger partial charge in [0.15, 0.2) is 14.9 Å². The molecule has 7 heteroatoms. The molecule has 0 aliphatic heterocycles. The third-order valence-electron chi connectivity index (χ3n) is 2.51. The van der Waals surface area contributed by atoms with E-state index in [2.05, 4.69) is 32.3 Å². The van der Waals surface area contributed by atoms with Crippen molar-refractivity contribution in [3.05, 3.63) is 39.1 Å². The maximum absolute atomic E-state index is 11.3. The summed E-state index contributed by atoms with van der Waals surface area (Å²) < 4.78 is 23.7. The lowest BCUT2D eigenvalue weighted by Crippen LogP contribution is -2.06. The van der Waals surface area contributed by atoms with E-state index >= 15 is 0 Å². The van der Waals surface area contributed by atoms with Crippen LogP contribution in [0.2, 0.25) is 0 Å². The van der Waals surface area contributed by atoms with E-state index in [1.54, 1.807) is 17.4 Å².